The minimum atomic E-state index is -0.825. The van der Waals surface area contributed by atoms with E-state index in [9.17, 15) is 4.79 Å². The Morgan fingerprint density at radius 2 is 2.18 bits per heavy atom. The Bertz CT molecular complexity index is 392. The Morgan fingerprint density at radius 1 is 1.53 bits per heavy atom. The van der Waals surface area contributed by atoms with E-state index in [0.717, 1.165) is 5.56 Å². The Hall–Kier alpha value is -1.55. The first-order valence-corrected chi connectivity index (χ1v) is 5.66. The lowest BCUT2D eigenvalue weighted by atomic mass is 10.0. The summed E-state index contributed by atoms with van der Waals surface area (Å²) in [4.78, 5) is 12.1. The lowest BCUT2D eigenvalue weighted by Crippen LogP contribution is -2.41. The highest BCUT2D eigenvalue weighted by Gasteiger charge is 2.31. The quantitative estimate of drug-likeness (QED) is 0.789. The summed E-state index contributed by atoms with van der Waals surface area (Å²) in [6.07, 6.45) is 0.598. The fraction of sp³-hybridized carbons (Fsp3) is 0.462. The summed E-state index contributed by atoms with van der Waals surface area (Å²) in [6, 6.07) is 5.52. The van der Waals surface area contributed by atoms with Crippen LogP contribution in [0.2, 0.25) is 0 Å². The van der Waals surface area contributed by atoms with Gasteiger partial charge < -0.3 is 15.8 Å². The van der Waals surface area contributed by atoms with Gasteiger partial charge in [-0.05, 0) is 31.9 Å². The highest BCUT2D eigenvalue weighted by Crippen LogP contribution is 2.25. The molecule has 1 unspecified atom stereocenters. The molecule has 4 nitrogen and oxygen atoms in total. The molecule has 0 radical (unpaired) electrons. The van der Waals surface area contributed by atoms with Crippen LogP contribution >= 0.6 is 0 Å². The number of ether oxygens (including phenoxy) is 1. The number of benzene rings is 1. The molecule has 1 atom stereocenters. The minimum absolute atomic E-state index is 0.177. The maximum absolute atomic E-state index is 12.1. The van der Waals surface area contributed by atoms with Crippen LogP contribution in [0.1, 0.15) is 25.8 Å². The zero-order chi connectivity index (χ0) is 13.1. The number of nitrogens with two attached hydrogens (primary N) is 1. The normalized spacial score (nSPS) is 14.1. The standard InChI is InChI=1S/C13H20N2O2/c1-5-13(3,17-4)12(16)15-11-9(2)7-6-8-10(11)14/h6-8H,5,14H2,1-4H3,(H,15,16). The molecule has 0 saturated carbocycles. The number of para-hydroxylation sites is 1. The van der Waals surface area contributed by atoms with Crippen LogP contribution in [-0.2, 0) is 9.53 Å². The molecule has 1 rings (SSSR count). The minimum Gasteiger partial charge on any atom is -0.397 e. The van der Waals surface area contributed by atoms with Gasteiger partial charge in [0.1, 0.15) is 5.60 Å². The number of carbonyl (C=O) groups excluding carboxylic acids is 1. The predicted molar refractivity (Wildman–Crippen MR) is 69.9 cm³/mol. The molecule has 0 aromatic heterocycles. The summed E-state index contributed by atoms with van der Waals surface area (Å²) < 4.78 is 5.25. The lowest BCUT2D eigenvalue weighted by molar-refractivity contribution is -0.136. The van der Waals surface area contributed by atoms with Crippen LogP contribution in [0.15, 0.2) is 18.2 Å². The Labute approximate surface area is 102 Å². The average Bonchev–Trinajstić information content (AvgIpc) is 2.32. The van der Waals surface area contributed by atoms with Crippen LogP contribution in [0.4, 0.5) is 11.4 Å². The SMILES string of the molecule is CCC(C)(OC)C(=O)Nc1c(C)cccc1N. The van der Waals surface area contributed by atoms with E-state index < -0.39 is 5.60 Å². The molecular weight excluding hydrogens is 216 g/mol. The smallest absolute Gasteiger partial charge is 0.256 e. The van der Waals surface area contributed by atoms with Crippen molar-refractivity contribution in [3.63, 3.8) is 0 Å². The number of nitrogens with one attached hydrogen (secondary N) is 1. The Morgan fingerprint density at radius 3 is 2.65 bits per heavy atom. The van der Waals surface area contributed by atoms with E-state index in [1.165, 1.54) is 7.11 Å². The molecular formula is C13H20N2O2. The first-order valence-electron chi connectivity index (χ1n) is 5.66. The number of anilines is 2. The molecule has 0 aliphatic heterocycles. The number of amides is 1. The lowest BCUT2D eigenvalue weighted by Gasteiger charge is -2.26. The van der Waals surface area contributed by atoms with E-state index in [-0.39, 0.29) is 5.91 Å². The summed E-state index contributed by atoms with van der Waals surface area (Å²) in [5.74, 6) is -0.177. The maximum atomic E-state index is 12.1. The second-order valence-electron chi connectivity index (χ2n) is 4.28. The van der Waals surface area contributed by atoms with Crippen molar-refractivity contribution in [1.29, 1.82) is 0 Å². The number of nitrogen functional groups attached to an aromatic ring is 1. The molecule has 0 saturated heterocycles. The molecule has 1 aromatic carbocycles. The third kappa shape index (κ3) is 2.77. The molecule has 4 heteroatoms. The molecule has 0 aliphatic carbocycles. The number of rotatable bonds is 4. The van der Waals surface area contributed by atoms with Crippen LogP contribution < -0.4 is 11.1 Å². The number of methoxy groups -OCH3 is 1. The van der Waals surface area contributed by atoms with Gasteiger partial charge in [0.15, 0.2) is 0 Å². The van der Waals surface area contributed by atoms with Crippen LogP contribution in [0, 0.1) is 6.92 Å². The molecule has 0 fully saturated rings. The van der Waals surface area contributed by atoms with Crippen molar-refractivity contribution in [2.24, 2.45) is 0 Å². The monoisotopic (exact) mass is 236 g/mol. The summed E-state index contributed by atoms with van der Waals surface area (Å²) in [6.45, 7) is 5.57. The molecule has 0 aliphatic rings. The van der Waals surface area contributed by atoms with Gasteiger partial charge >= 0.3 is 0 Å². The van der Waals surface area contributed by atoms with E-state index in [1.54, 1.807) is 13.0 Å². The first kappa shape index (κ1) is 13.5. The summed E-state index contributed by atoms with van der Waals surface area (Å²) in [7, 11) is 1.53. The van der Waals surface area contributed by atoms with Crippen molar-refractivity contribution in [3.8, 4) is 0 Å². The average molecular weight is 236 g/mol. The molecule has 3 N–H and O–H groups in total. The van der Waals surface area contributed by atoms with E-state index in [1.807, 2.05) is 26.0 Å². The summed E-state index contributed by atoms with van der Waals surface area (Å²) in [5, 5.41) is 2.83. The Balaban J connectivity index is 2.96. The molecule has 0 bridgehead atoms. The molecule has 1 aromatic rings. The number of carbonyl (C=O) groups is 1. The van der Waals surface area contributed by atoms with E-state index in [2.05, 4.69) is 5.32 Å². The maximum Gasteiger partial charge on any atom is 0.256 e. The fourth-order valence-corrected chi connectivity index (χ4v) is 1.50. The van der Waals surface area contributed by atoms with Crippen molar-refractivity contribution in [2.45, 2.75) is 32.8 Å². The molecule has 17 heavy (non-hydrogen) atoms. The molecule has 1 amide bonds. The number of hydrogen-bond donors (Lipinski definition) is 2. The topological polar surface area (TPSA) is 64.3 Å². The van der Waals surface area contributed by atoms with Crippen LogP contribution in [-0.4, -0.2) is 18.6 Å². The molecule has 0 spiro atoms. The summed E-state index contributed by atoms with van der Waals surface area (Å²) >= 11 is 0. The van der Waals surface area contributed by atoms with Gasteiger partial charge in [-0.15, -0.1) is 0 Å². The number of aryl methyl sites for hydroxylation is 1. The van der Waals surface area contributed by atoms with E-state index >= 15 is 0 Å². The highest BCUT2D eigenvalue weighted by molar-refractivity contribution is 5.99. The number of hydrogen-bond acceptors (Lipinski definition) is 3. The second kappa shape index (κ2) is 5.19. The van der Waals surface area contributed by atoms with Gasteiger partial charge in [0, 0.05) is 7.11 Å². The first-order chi connectivity index (χ1) is 7.94. The zero-order valence-electron chi connectivity index (χ0n) is 10.8. The van der Waals surface area contributed by atoms with Gasteiger partial charge in [0.2, 0.25) is 0 Å². The van der Waals surface area contributed by atoms with Crippen molar-refractivity contribution < 1.29 is 9.53 Å². The van der Waals surface area contributed by atoms with Gasteiger partial charge in [-0.2, -0.15) is 0 Å². The van der Waals surface area contributed by atoms with Gasteiger partial charge in [-0.3, -0.25) is 4.79 Å². The molecule has 94 valence electrons. The van der Waals surface area contributed by atoms with Gasteiger partial charge in [0.25, 0.3) is 5.91 Å². The van der Waals surface area contributed by atoms with Gasteiger partial charge in [-0.25, -0.2) is 0 Å². The molecule has 0 heterocycles. The van der Waals surface area contributed by atoms with Crippen molar-refractivity contribution in [1.82, 2.24) is 0 Å². The van der Waals surface area contributed by atoms with Gasteiger partial charge in [-0.1, -0.05) is 19.1 Å². The third-order valence-corrected chi connectivity index (χ3v) is 3.15. The van der Waals surface area contributed by atoms with Crippen LogP contribution in [0.5, 0.6) is 0 Å². The highest BCUT2D eigenvalue weighted by atomic mass is 16.5. The zero-order valence-corrected chi connectivity index (χ0v) is 10.8. The van der Waals surface area contributed by atoms with Crippen molar-refractivity contribution in [3.05, 3.63) is 23.8 Å². The third-order valence-electron chi connectivity index (χ3n) is 3.15. The largest absolute Gasteiger partial charge is 0.397 e. The van der Waals surface area contributed by atoms with Crippen LogP contribution in [0.3, 0.4) is 0 Å². The van der Waals surface area contributed by atoms with Crippen molar-refractivity contribution in [2.75, 3.05) is 18.2 Å². The van der Waals surface area contributed by atoms with Gasteiger partial charge in [0.05, 0.1) is 11.4 Å². The Kier molecular flexibility index (Phi) is 4.12. The fourth-order valence-electron chi connectivity index (χ4n) is 1.50. The second-order valence-corrected chi connectivity index (χ2v) is 4.28. The van der Waals surface area contributed by atoms with E-state index in [4.69, 9.17) is 10.5 Å². The van der Waals surface area contributed by atoms with Crippen molar-refractivity contribution >= 4 is 17.3 Å². The summed E-state index contributed by atoms with van der Waals surface area (Å²) in [5.41, 5.74) is 7.18. The van der Waals surface area contributed by atoms with E-state index in [0.29, 0.717) is 17.8 Å². The predicted octanol–water partition coefficient (Wildman–Crippen LogP) is 2.33. The van der Waals surface area contributed by atoms with Crippen LogP contribution in [0.25, 0.3) is 0 Å².